The number of hydrogen-bond acceptors (Lipinski definition) is 4. The van der Waals surface area contributed by atoms with Crippen LogP contribution in [0, 0.1) is 6.92 Å². The van der Waals surface area contributed by atoms with Gasteiger partial charge in [0.2, 0.25) is 0 Å². The van der Waals surface area contributed by atoms with Crippen LogP contribution in [0.2, 0.25) is 5.02 Å². The Morgan fingerprint density at radius 1 is 1.15 bits per heavy atom. The third-order valence-corrected chi connectivity index (χ3v) is 4.84. The fourth-order valence-corrected chi connectivity index (χ4v) is 3.66. The quantitative estimate of drug-likeness (QED) is 0.705. The molecule has 1 aromatic heterocycles. The molecule has 140 valence electrons. The van der Waals surface area contributed by atoms with Gasteiger partial charge in [-0.05, 0) is 42.8 Å². The van der Waals surface area contributed by atoms with Gasteiger partial charge in [-0.2, -0.15) is 5.10 Å². The van der Waals surface area contributed by atoms with Crippen LogP contribution in [0.1, 0.15) is 21.6 Å². The fourth-order valence-electron chi connectivity index (χ4n) is 2.69. The lowest BCUT2D eigenvalue weighted by Crippen LogP contribution is -2.15. The van der Waals surface area contributed by atoms with E-state index >= 15 is 0 Å². The van der Waals surface area contributed by atoms with E-state index < -0.39 is 9.84 Å². The molecular weight excluding hydrogens is 386 g/mol. The van der Waals surface area contributed by atoms with Gasteiger partial charge in [-0.25, -0.2) is 13.1 Å². The van der Waals surface area contributed by atoms with Crippen LogP contribution in [0.3, 0.4) is 0 Å². The second-order valence-electron chi connectivity index (χ2n) is 6.29. The highest BCUT2D eigenvalue weighted by molar-refractivity contribution is 7.89. The minimum Gasteiger partial charge on any atom is -0.306 e. The van der Waals surface area contributed by atoms with Crippen molar-refractivity contribution < 1.29 is 13.2 Å². The number of halogens is 1. The molecule has 0 unspecified atom stereocenters. The Morgan fingerprint density at radius 3 is 2.59 bits per heavy atom. The van der Waals surface area contributed by atoms with Crippen molar-refractivity contribution in [1.82, 2.24) is 9.78 Å². The molecule has 3 rings (SSSR count). The van der Waals surface area contributed by atoms with Crippen LogP contribution in [0.15, 0.2) is 54.6 Å². The maximum Gasteiger partial charge on any atom is 0.256 e. The highest BCUT2D eigenvalue weighted by Gasteiger charge is 2.14. The molecule has 0 saturated heterocycles. The van der Waals surface area contributed by atoms with Crippen molar-refractivity contribution in [1.29, 1.82) is 0 Å². The second kappa shape index (κ2) is 7.54. The third kappa shape index (κ3) is 4.96. The summed E-state index contributed by atoms with van der Waals surface area (Å²) in [6.07, 6.45) is 1.16. The average molecular weight is 404 g/mol. The molecule has 8 heteroatoms. The van der Waals surface area contributed by atoms with E-state index in [1.54, 1.807) is 53.2 Å². The molecule has 0 aliphatic carbocycles. The number of benzene rings is 2. The van der Waals surface area contributed by atoms with Gasteiger partial charge in [0.25, 0.3) is 5.91 Å². The van der Waals surface area contributed by atoms with Crippen LogP contribution in [0.25, 0.3) is 5.69 Å². The number of carbonyl (C=O) groups excluding carboxylic acids is 1. The Kier molecular flexibility index (Phi) is 5.34. The van der Waals surface area contributed by atoms with Crippen molar-refractivity contribution in [2.45, 2.75) is 12.7 Å². The highest BCUT2D eigenvalue weighted by Crippen LogP contribution is 2.21. The number of nitrogens with zero attached hydrogens (tertiary/aromatic N) is 2. The first-order chi connectivity index (χ1) is 12.7. The van der Waals surface area contributed by atoms with Crippen LogP contribution >= 0.6 is 11.6 Å². The molecule has 0 bridgehead atoms. The Bertz CT molecular complexity index is 1110. The zero-order valence-corrected chi connectivity index (χ0v) is 16.4. The first-order valence-corrected chi connectivity index (χ1v) is 10.6. The number of aromatic nitrogens is 2. The second-order valence-corrected chi connectivity index (χ2v) is 8.86. The number of aryl methyl sites for hydroxylation is 1. The van der Waals surface area contributed by atoms with Crippen LogP contribution in [-0.4, -0.2) is 30.4 Å². The van der Waals surface area contributed by atoms with Crippen LogP contribution in [-0.2, 0) is 15.6 Å². The minimum absolute atomic E-state index is 0.117. The molecule has 3 aromatic rings. The van der Waals surface area contributed by atoms with Crippen molar-refractivity contribution >= 4 is 33.2 Å². The number of hydrogen-bond donors (Lipinski definition) is 1. The smallest absolute Gasteiger partial charge is 0.256 e. The summed E-state index contributed by atoms with van der Waals surface area (Å²) in [6, 6.07) is 15.4. The topological polar surface area (TPSA) is 81.1 Å². The van der Waals surface area contributed by atoms with E-state index in [4.69, 9.17) is 11.6 Å². The minimum atomic E-state index is -3.18. The molecule has 1 N–H and O–H groups in total. The van der Waals surface area contributed by atoms with E-state index in [9.17, 15) is 13.2 Å². The molecule has 0 atom stereocenters. The lowest BCUT2D eigenvalue weighted by molar-refractivity contribution is 0.102. The van der Waals surface area contributed by atoms with Gasteiger partial charge in [0.1, 0.15) is 5.82 Å². The summed E-state index contributed by atoms with van der Waals surface area (Å²) < 4.78 is 24.6. The van der Waals surface area contributed by atoms with Gasteiger partial charge in [-0.1, -0.05) is 29.8 Å². The molecule has 1 heterocycles. The first kappa shape index (κ1) is 19.1. The zero-order chi connectivity index (χ0) is 19.6. The molecule has 1 amide bonds. The van der Waals surface area contributed by atoms with Crippen molar-refractivity contribution in [2.24, 2.45) is 0 Å². The summed E-state index contributed by atoms with van der Waals surface area (Å²) in [5.41, 5.74) is 2.38. The number of sulfone groups is 1. The molecule has 0 fully saturated rings. The van der Waals surface area contributed by atoms with E-state index in [1.807, 2.05) is 13.0 Å². The zero-order valence-electron chi connectivity index (χ0n) is 14.8. The number of carbonyl (C=O) groups is 1. The van der Waals surface area contributed by atoms with E-state index in [2.05, 4.69) is 10.4 Å². The normalized spacial score (nSPS) is 11.4. The maximum absolute atomic E-state index is 12.7. The number of anilines is 1. The molecule has 6 nitrogen and oxygen atoms in total. The van der Waals surface area contributed by atoms with Crippen LogP contribution in [0.4, 0.5) is 5.82 Å². The lowest BCUT2D eigenvalue weighted by atomic mass is 10.1. The van der Waals surface area contributed by atoms with Gasteiger partial charge >= 0.3 is 0 Å². The molecule has 0 aliphatic rings. The van der Waals surface area contributed by atoms with Crippen LogP contribution in [0.5, 0.6) is 0 Å². The summed E-state index contributed by atoms with van der Waals surface area (Å²) in [5.74, 6) is 0.0232. The number of rotatable bonds is 5. The molecule has 0 spiro atoms. The summed E-state index contributed by atoms with van der Waals surface area (Å²) in [5, 5.41) is 7.78. The van der Waals surface area contributed by atoms with E-state index in [0.29, 0.717) is 22.0 Å². The Morgan fingerprint density at radius 2 is 1.89 bits per heavy atom. The third-order valence-electron chi connectivity index (χ3n) is 3.74. The van der Waals surface area contributed by atoms with Crippen molar-refractivity contribution in [3.8, 4) is 5.69 Å². The Hall–Kier alpha value is -2.64. The molecule has 27 heavy (non-hydrogen) atoms. The lowest BCUT2D eigenvalue weighted by Gasteiger charge is -2.10. The standard InChI is InChI=1S/C19H18ClN3O3S/c1-13-9-18(23(22-13)17-8-4-7-16(20)11-17)21-19(24)15-6-3-5-14(10-15)12-27(2,25)26/h3-11H,12H2,1-2H3,(H,21,24). The van der Waals surface area contributed by atoms with Gasteiger partial charge in [0.15, 0.2) is 9.84 Å². The predicted octanol–water partition coefficient (Wildman–Crippen LogP) is 3.63. The van der Waals surface area contributed by atoms with Gasteiger partial charge in [-0.3, -0.25) is 4.79 Å². The first-order valence-electron chi connectivity index (χ1n) is 8.12. The van der Waals surface area contributed by atoms with Gasteiger partial charge in [0, 0.05) is 22.9 Å². The number of amides is 1. The van der Waals surface area contributed by atoms with E-state index in [-0.39, 0.29) is 11.7 Å². The van der Waals surface area contributed by atoms with E-state index in [1.165, 1.54) is 0 Å². The van der Waals surface area contributed by atoms with Crippen LogP contribution < -0.4 is 5.32 Å². The molecule has 2 aromatic carbocycles. The summed E-state index contributed by atoms with van der Waals surface area (Å²) in [7, 11) is -3.18. The van der Waals surface area contributed by atoms with E-state index in [0.717, 1.165) is 17.6 Å². The Balaban J connectivity index is 1.88. The summed E-state index contributed by atoms with van der Waals surface area (Å²) in [6.45, 7) is 1.82. The average Bonchev–Trinajstić information content (AvgIpc) is 2.94. The SMILES string of the molecule is Cc1cc(NC(=O)c2cccc(CS(C)(=O)=O)c2)n(-c2cccc(Cl)c2)n1. The van der Waals surface area contributed by atoms with Gasteiger partial charge in [0.05, 0.1) is 17.1 Å². The van der Waals surface area contributed by atoms with Gasteiger partial charge in [-0.15, -0.1) is 0 Å². The summed E-state index contributed by atoms with van der Waals surface area (Å²) >= 11 is 6.05. The summed E-state index contributed by atoms with van der Waals surface area (Å²) in [4.78, 5) is 12.7. The highest BCUT2D eigenvalue weighted by atomic mass is 35.5. The van der Waals surface area contributed by atoms with Gasteiger partial charge < -0.3 is 5.32 Å². The number of nitrogens with one attached hydrogen (secondary N) is 1. The fraction of sp³-hybridized carbons (Fsp3) is 0.158. The van der Waals surface area contributed by atoms with Crippen molar-refractivity contribution in [2.75, 3.05) is 11.6 Å². The molecule has 0 saturated carbocycles. The Labute approximate surface area is 162 Å². The largest absolute Gasteiger partial charge is 0.306 e. The molecule has 0 radical (unpaired) electrons. The molecule has 0 aliphatic heterocycles. The van der Waals surface area contributed by atoms with Crippen molar-refractivity contribution in [3.05, 3.63) is 76.4 Å². The van der Waals surface area contributed by atoms with Crippen molar-refractivity contribution in [3.63, 3.8) is 0 Å². The monoisotopic (exact) mass is 403 g/mol. The maximum atomic E-state index is 12.7. The predicted molar refractivity (Wildman–Crippen MR) is 106 cm³/mol. The molecular formula is C19H18ClN3O3S.